The van der Waals surface area contributed by atoms with Crippen LogP contribution in [0.5, 0.6) is 5.75 Å². The van der Waals surface area contributed by atoms with Gasteiger partial charge in [-0.15, -0.1) is 0 Å². The lowest BCUT2D eigenvalue weighted by Crippen LogP contribution is -2.54. The molecule has 0 aliphatic heterocycles. The first-order chi connectivity index (χ1) is 22.8. The standard InChI is InChI=1S/C36H45F5N2O6/c1-19(2)31(43-35(46)49-36(6,7)8)33(44)42-24(22(5)34(45)48-32-29(40)27(38)26(37)28(39)30(32)41)16-15-20(3)17-21(4)25(47-9)18-23-13-11-10-12-14-23/h10-17,19,21-22,24-25,31H,18H2,1-9H3,(H,42,44)(H,43,46)/b16-15+,20-17+/t21-,22-,24-,25-,31-/m0/s1. The molecule has 0 spiro atoms. The Morgan fingerprint density at radius 3 is 1.92 bits per heavy atom. The van der Waals surface area contributed by atoms with Crippen molar-refractivity contribution in [2.45, 2.75) is 85.6 Å². The van der Waals surface area contributed by atoms with Crippen LogP contribution in [-0.2, 0) is 25.5 Å². The van der Waals surface area contributed by atoms with Gasteiger partial charge in [-0.3, -0.25) is 9.59 Å². The lowest BCUT2D eigenvalue weighted by molar-refractivity contribution is -0.139. The fourth-order valence-corrected chi connectivity index (χ4v) is 4.74. The zero-order valence-corrected chi connectivity index (χ0v) is 29.1. The van der Waals surface area contributed by atoms with Crippen LogP contribution in [0, 0.1) is 46.8 Å². The Kier molecular flexibility index (Phi) is 15.0. The van der Waals surface area contributed by atoms with Crippen molar-refractivity contribution in [3.8, 4) is 5.75 Å². The number of hydrogen-bond acceptors (Lipinski definition) is 6. The second-order valence-electron chi connectivity index (χ2n) is 13.1. The number of hydrogen-bond donors (Lipinski definition) is 2. The summed E-state index contributed by atoms with van der Waals surface area (Å²) < 4.78 is 85.4. The van der Waals surface area contributed by atoms with Gasteiger partial charge in [0, 0.05) is 13.0 Å². The van der Waals surface area contributed by atoms with Gasteiger partial charge in [0.15, 0.2) is 0 Å². The molecule has 0 aliphatic carbocycles. The summed E-state index contributed by atoms with van der Waals surface area (Å²) in [4.78, 5) is 39.1. The number of esters is 1. The molecular weight excluding hydrogens is 651 g/mol. The summed E-state index contributed by atoms with van der Waals surface area (Å²) in [6.07, 6.45) is 4.48. The number of carbonyl (C=O) groups excluding carboxylic acids is 3. The Balaban J connectivity index is 2.41. The van der Waals surface area contributed by atoms with E-state index in [1.54, 1.807) is 54.7 Å². The molecule has 0 aliphatic rings. The number of carbonyl (C=O) groups is 3. The molecule has 0 heterocycles. The van der Waals surface area contributed by atoms with E-state index in [2.05, 4.69) is 15.4 Å². The molecule has 2 amide bonds. The normalized spacial score (nSPS) is 15.4. The van der Waals surface area contributed by atoms with E-state index in [1.807, 2.05) is 43.3 Å². The number of allylic oxidation sites excluding steroid dienone is 2. The van der Waals surface area contributed by atoms with Gasteiger partial charge in [-0.2, -0.15) is 8.78 Å². The van der Waals surface area contributed by atoms with Gasteiger partial charge in [-0.05, 0) is 52.5 Å². The van der Waals surface area contributed by atoms with E-state index in [-0.39, 0.29) is 12.0 Å². The van der Waals surface area contributed by atoms with E-state index < -0.39 is 82.3 Å². The summed E-state index contributed by atoms with van der Waals surface area (Å²) >= 11 is 0. The number of rotatable bonds is 14. The zero-order valence-electron chi connectivity index (χ0n) is 29.1. The number of alkyl carbamates (subject to hydrolysis) is 1. The maximum absolute atomic E-state index is 14.3. The highest BCUT2D eigenvalue weighted by Crippen LogP contribution is 2.30. The molecule has 0 unspecified atom stereocenters. The fraction of sp³-hybridized carbons (Fsp3) is 0.472. The molecule has 0 radical (unpaired) electrons. The molecule has 8 nitrogen and oxygen atoms in total. The number of ether oxygens (including phenoxy) is 3. The Morgan fingerprint density at radius 2 is 1.41 bits per heavy atom. The molecule has 0 saturated heterocycles. The Labute approximate surface area is 284 Å². The van der Waals surface area contributed by atoms with E-state index in [0.29, 0.717) is 12.0 Å². The Morgan fingerprint density at radius 1 is 0.857 bits per heavy atom. The van der Waals surface area contributed by atoms with Crippen molar-refractivity contribution in [1.29, 1.82) is 0 Å². The fourth-order valence-electron chi connectivity index (χ4n) is 4.74. The van der Waals surface area contributed by atoms with Crippen molar-refractivity contribution in [3.63, 3.8) is 0 Å². The van der Waals surface area contributed by atoms with Crippen LogP contribution < -0.4 is 15.4 Å². The van der Waals surface area contributed by atoms with Crippen molar-refractivity contribution in [1.82, 2.24) is 10.6 Å². The molecule has 0 bridgehead atoms. The third kappa shape index (κ3) is 12.0. The highest BCUT2D eigenvalue weighted by molar-refractivity contribution is 5.87. The van der Waals surface area contributed by atoms with Crippen LogP contribution in [0.3, 0.4) is 0 Å². The average molecular weight is 697 g/mol. The summed E-state index contributed by atoms with van der Waals surface area (Å²) in [6.45, 7) is 13.2. The quantitative estimate of drug-likeness (QED) is 0.0535. The van der Waals surface area contributed by atoms with Gasteiger partial charge in [0.05, 0.1) is 18.1 Å². The summed E-state index contributed by atoms with van der Waals surface area (Å²) in [5, 5.41) is 5.12. The van der Waals surface area contributed by atoms with E-state index in [0.717, 1.165) is 5.56 Å². The van der Waals surface area contributed by atoms with Gasteiger partial charge in [0.1, 0.15) is 11.6 Å². The van der Waals surface area contributed by atoms with E-state index in [1.165, 1.54) is 13.0 Å². The molecule has 13 heteroatoms. The first kappa shape index (κ1) is 40.9. The molecule has 49 heavy (non-hydrogen) atoms. The third-order valence-corrected chi connectivity index (χ3v) is 7.47. The smallest absolute Gasteiger partial charge is 0.408 e. The molecule has 270 valence electrons. The van der Waals surface area contributed by atoms with Gasteiger partial charge in [-0.25, -0.2) is 18.0 Å². The number of halogens is 5. The Hall–Kier alpha value is -4.26. The van der Waals surface area contributed by atoms with Crippen LogP contribution in [0.4, 0.5) is 26.7 Å². The number of benzene rings is 2. The molecule has 2 N–H and O–H groups in total. The van der Waals surface area contributed by atoms with E-state index >= 15 is 0 Å². The lowest BCUT2D eigenvalue weighted by atomic mass is 9.94. The van der Waals surface area contributed by atoms with Crippen LogP contribution in [0.2, 0.25) is 0 Å². The second-order valence-corrected chi connectivity index (χ2v) is 13.1. The summed E-state index contributed by atoms with van der Waals surface area (Å²) in [5.74, 6) is -17.6. The molecule has 0 aromatic heterocycles. The topological polar surface area (TPSA) is 103 Å². The first-order valence-electron chi connectivity index (χ1n) is 15.7. The number of amides is 2. The summed E-state index contributed by atoms with van der Waals surface area (Å²) in [7, 11) is 1.60. The average Bonchev–Trinajstić information content (AvgIpc) is 3.03. The third-order valence-electron chi connectivity index (χ3n) is 7.47. The minimum atomic E-state index is -2.41. The summed E-state index contributed by atoms with van der Waals surface area (Å²) in [6, 6.07) is 7.33. The van der Waals surface area contributed by atoms with Crippen LogP contribution >= 0.6 is 0 Å². The number of methoxy groups -OCH3 is 1. The van der Waals surface area contributed by atoms with Gasteiger partial charge < -0.3 is 24.8 Å². The van der Waals surface area contributed by atoms with Crippen molar-refractivity contribution in [3.05, 3.63) is 88.8 Å². The summed E-state index contributed by atoms with van der Waals surface area (Å²) in [5.41, 5.74) is 0.903. The lowest BCUT2D eigenvalue weighted by Gasteiger charge is -2.28. The molecule has 5 atom stereocenters. The maximum Gasteiger partial charge on any atom is 0.408 e. The van der Waals surface area contributed by atoms with E-state index in [4.69, 9.17) is 9.47 Å². The maximum atomic E-state index is 14.3. The molecule has 2 rings (SSSR count). The largest absolute Gasteiger partial charge is 0.444 e. The molecular formula is C36H45F5N2O6. The number of nitrogens with one attached hydrogen (secondary N) is 2. The van der Waals surface area contributed by atoms with Crippen LogP contribution in [0.1, 0.15) is 61.0 Å². The van der Waals surface area contributed by atoms with Gasteiger partial charge in [0.25, 0.3) is 0 Å². The minimum absolute atomic E-state index is 0.0946. The van der Waals surface area contributed by atoms with Crippen LogP contribution in [0.15, 0.2) is 54.1 Å². The SMILES string of the molecule is CO[C@@H](Cc1ccccc1)[C@@H](C)/C=C(C)/C=C/[C@H](NC(=O)[C@@H](NC(=O)OC(C)(C)C)C(C)C)[C@H](C)C(=O)Oc1c(F)c(F)c(F)c(F)c1F. The highest BCUT2D eigenvalue weighted by atomic mass is 19.2. The van der Waals surface area contributed by atoms with Crippen molar-refractivity contribution in [2.75, 3.05) is 7.11 Å². The second kappa shape index (κ2) is 17.9. The van der Waals surface area contributed by atoms with Crippen LogP contribution in [-0.4, -0.2) is 48.9 Å². The van der Waals surface area contributed by atoms with Crippen molar-refractivity contribution >= 4 is 18.0 Å². The van der Waals surface area contributed by atoms with Crippen LogP contribution in [0.25, 0.3) is 0 Å². The minimum Gasteiger partial charge on any atom is -0.444 e. The van der Waals surface area contributed by atoms with Gasteiger partial charge >= 0.3 is 12.1 Å². The molecule has 2 aromatic carbocycles. The monoisotopic (exact) mass is 696 g/mol. The van der Waals surface area contributed by atoms with Gasteiger partial charge in [-0.1, -0.05) is 74.9 Å². The predicted molar refractivity (Wildman–Crippen MR) is 174 cm³/mol. The van der Waals surface area contributed by atoms with Gasteiger partial charge in [0.2, 0.25) is 40.7 Å². The van der Waals surface area contributed by atoms with Crippen molar-refractivity contribution in [2.24, 2.45) is 17.8 Å². The Bertz CT molecular complexity index is 1490. The van der Waals surface area contributed by atoms with E-state index in [9.17, 15) is 36.3 Å². The highest BCUT2D eigenvalue weighted by Gasteiger charge is 2.34. The predicted octanol–water partition coefficient (Wildman–Crippen LogP) is 7.35. The van der Waals surface area contributed by atoms with Crippen molar-refractivity contribution < 1.29 is 50.5 Å². The molecule has 2 aromatic rings. The molecule has 0 saturated carbocycles. The zero-order chi connectivity index (χ0) is 37.2. The molecule has 0 fully saturated rings. The first-order valence-corrected chi connectivity index (χ1v) is 15.7.